The van der Waals surface area contributed by atoms with Crippen LogP contribution in [0.3, 0.4) is 0 Å². The summed E-state index contributed by atoms with van der Waals surface area (Å²) in [5, 5.41) is 4.73. The van der Waals surface area contributed by atoms with Gasteiger partial charge in [-0.1, -0.05) is 170 Å². The van der Waals surface area contributed by atoms with E-state index in [0.29, 0.717) is 11.8 Å². The molecule has 0 spiro atoms. The van der Waals surface area contributed by atoms with Crippen molar-refractivity contribution in [1.82, 2.24) is 4.57 Å². The Morgan fingerprint density at radius 3 is 2.06 bits per heavy atom. The molecule has 0 radical (unpaired) electrons. The second-order valence-corrected chi connectivity index (χ2v) is 17.5. The third-order valence-corrected chi connectivity index (χ3v) is 13.8. The number of benzene rings is 8. The Balaban J connectivity index is 0.917. The number of nitrogens with zero attached hydrogens (tertiary/aromatic N) is 2. The normalized spacial score (nSPS) is 16.5. The van der Waals surface area contributed by atoms with E-state index in [-0.39, 0.29) is 0 Å². The first-order valence-corrected chi connectivity index (χ1v) is 22.8. The van der Waals surface area contributed by atoms with Crippen LogP contribution in [0.5, 0.6) is 0 Å². The molecule has 308 valence electrons. The predicted octanol–water partition coefficient (Wildman–Crippen LogP) is 16.8. The summed E-state index contributed by atoms with van der Waals surface area (Å²) in [7, 11) is 0. The molecule has 2 atom stereocenters. The SMILES string of the molecule is C1=CC2C=Cc3cc(-c4ccc(N(C5=CC(c6cccc7c6c6ccccc6n7-c6cccc7c6oc6ccccc67)=CCC5)c5ccc(-c6ccccc6)cc5)cc4)ccc3C2C=C1. The number of allylic oxidation sites excluding steroid dienone is 9. The minimum atomic E-state index is 0.407. The van der Waals surface area contributed by atoms with Gasteiger partial charge in [-0.2, -0.15) is 0 Å². The molecule has 2 heterocycles. The molecular formula is C62H44N2O. The third-order valence-electron chi connectivity index (χ3n) is 13.8. The summed E-state index contributed by atoms with van der Waals surface area (Å²) in [5.41, 5.74) is 18.8. The van der Waals surface area contributed by atoms with Crippen molar-refractivity contribution in [3.63, 3.8) is 0 Å². The van der Waals surface area contributed by atoms with Gasteiger partial charge in [0.05, 0.1) is 16.7 Å². The number of anilines is 2. The van der Waals surface area contributed by atoms with Crippen LogP contribution in [0.4, 0.5) is 11.4 Å². The van der Waals surface area contributed by atoms with Crippen LogP contribution in [-0.2, 0) is 0 Å². The zero-order chi connectivity index (χ0) is 42.8. The minimum Gasteiger partial charge on any atom is -0.454 e. The summed E-state index contributed by atoms with van der Waals surface area (Å²) >= 11 is 0. The molecule has 3 heteroatoms. The van der Waals surface area contributed by atoms with E-state index in [1.54, 1.807) is 0 Å². The fourth-order valence-electron chi connectivity index (χ4n) is 10.7. The summed E-state index contributed by atoms with van der Waals surface area (Å²) in [6.45, 7) is 0. The van der Waals surface area contributed by atoms with E-state index in [9.17, 15) is 0 Å². The summed E-state index contributed by atoms with van der Waals surface area (Å²) in [6, 6.07) is 66.3. The lowest BCUT2D eigenvalue weighted by molar-refractivity contribution is 0.666. The van der Waals surface area contributed by atoms with Crippen molar-refractivity contribution in [3.05, 3.63) is 247 Å². The standard InChI is InChI=1S/C62H44N2O/c1-2-13-41(14-3-1)42-29-34-48(35-30-42)63(49-36-31-43(32-37-49)45-33-38-52-47(39-45)28-27-44-15-4-5-18-51(44)52)50-17-10-16-46(40-50)53-21-11-24-58-61(53)56-20-6-8-23-57(56)64(58)59-25-12-22-55-54-19-7-9-26-60(54)65-62(55)59/h1-9,11-16,18-40,44,51H,10,17H2. The molecule has 0 N–H and O–H groups in total. The van der Waals surface area contributed by atoms with E-state index in [4.69, 9.17) is 4.42 Å². The van der Waals surface area contributed by atoms with Crippen molar-refractivity contribution >= 4 is 66.8 Å². The molecule has 65 heavy (non-hydrogen) atoms. The summed E-state index contributed by atoms with van der Waals surface area (Å²) in [4.78, 5) is 2.47. The molecule has 0 aliphatic heterocycles. The van der Waals surface area contributed by atoms with Crippen LogP contribution in [0.1, 0.15) is 35.4 Å². The third kappa shape index (κ3) is 6.26. The maximum Gasteiger partial charge on any atom is 0.159 e. The number of hydrogen-bond acceptors (Lipinski definition) is 2. The van der Waals surface area contributed by atoms with Gasteiger partial charge < -0.3 is 13.9 Å². The first-order chi connectivity index (χ1) is 32.2. The zero-order valence-electron chi connectivity index (χ0n) is 35.8. The molecule has 8 aromatic carbocycles. The van der Waals surface area contributed by atoms with Crippen molar-refractivity contribution in [2.24, 2.45) is 5.92 Å². The Morgan fingerprint density at radius 1 is 0.538 bits per heavy atom. The van der Waals surface area contributed by atoms with Gasteiger partial charge in [-0.25, -0.2) is 0 Å². The van der Waals surface area contributed by atoms with E-state index >= 15 is 0 Å². The number of rotatable bonds is 7. The number of fused-ring (bicyclic) bond motifs is 9. The minimum absolute atomic E-state index is 0.407. The average molecular weight is 833 g/mol. The molecular weight excluding hydrogens is 789 g/mol. The van der Waals surface area contributed by atoms with Crippen molar-refractivity contribution in [1.29, 1.82) is 0 Å². The van der Waals surface area contributed by atoms with Crippen LogP contribution in [0.25, 0.3) is 83.3 Å². The summed E-state index contributed by atoms with van der Waals surface area (Å²) in [6.07, 6.45) is 20.4. The molecule has 3 aliphatic carbocycles. The molecule has 2 unspecified atom stereocenters. The van der Waals surface area contributed by atoms with Gasteiger partial charge in [-0.15, -0.1) is 0 Å². The summed E-state index contributed by atoms with van der Waals surface area (Å²) in [5.74, 6) is 0.844. The molecule has 10 aromatic rings. The van der Waals surface area contributed by atoms with E-state index in [1.807, 2.05) is 6.07 Å². The predicted molar refractivity (Wildman–Crippen MR) is 273 cm³/mol. The Morgan fingerprint density at radius 2 is 1.22 bits per heavy atom. The lowest BCUT2D eigenvalue weighted by Crippen LogP contribution is -2.18. The van der Waals surface area contributed by atoms with Crippen LogP contribution in [-0.4, -0.2) is 4.57 Å². The average Bonchev–Trinajstić information content (AvgIpc) is 3.93. The van der Waals surface area contributed by atoms with Crippen LogP contribution in [0.15, 0.2) is 235 Å². The van der Waals surface area contributed by atoms with Gasteiger partial charge in [0, 0.05) is 50.5 Å². The highest BCUT2D eigenvalue weighted by molar-refractivity contribution is 6.16. The largest absolute Gasteiger partial charge is 0.454 e. The van der Waals surface area contributed by atoms with Gasteiger partial charge >= 0.3 is 0 Å². The van der Waals surface area contributed by atoms with Crippen LogP contribution < -0.4 is 4.90 Å². The lowest BCUT2D eigenvalue weighted by atomic mass is 9.76. The maximum atomic E-state index is 6.63. The second kappa shape index (κ2) is 15.3. The smallest absolute Gasteiger partial charge is 0.159 e. The van der Waals surface area contributed by atoms with Gasteiger partial charge in [0.25, 0.3) is 0 Å². The molecule has 3 aliphatic rings. The fourth-order valence-corrected chi connectivity index (χ4v) is 10.7. The number of aromatic nitrogens is 1. The van der Waals surface area contributed by atoms with Gasteiger partial charge in [0.2, 0.25) is 0 Å². The summed E-state index contributed by atoms with van der Waals surface area (Å²) < 4.78 is 9.02. The van der Waals surface area contributed by atoms with Crippen LogP contribution >= 0.6 is 0 Å². The molecule has 0 saturated carbocycles. The quantitative estimate of drug-likeness (QED) is 0.160. The first kappa shape index (κ1) is 37.4. The topological polar surface area (TPSA) is 21.3 Å². The number of furan rings is 1. The highest BCUT2D eigenvalue weighted by Crippen LogP contribution is 2.44. The number of hydrogen-bond donors (Lipinski definition) is 0. The van der Waals surface area contributed by atoms with E-state index < -0.39 is 0 Å². The molecule has 0 saturated heterocycles. The molecule has 13 rings (SSSR count). The van der Waals surface area contributed by atoms with E-state index in [1.165, 1.54) is 61.0 Å². The molecule has 0 amide bonds. The van der Waals surface area contributed by atoms with Gasteiger partial charge in [-0.05, 0) is 118 Å². The molecule has 2 aromatic heterocycles. The fraction of sp³-hybridized carbons (Fsp3) is 0.0645. The van der Waals surface area contributed by atoms with Crippen molar-refractivity contribution in [3.8, 4) is 27.9 Å². The molecule has 3 nitrogen and oxygen atoms in total. The Hall–Kier alpha value is -8.14. The highest BCUT2D eigenvalue weighted by atomic mass is 16.3. The highest BCUT2D eigenvalue weighted by Gasteiger charge is 2.25. The second-order valence-electron chi connectivity index (χ2n) is 17.5. The zero-order valence-corrected chi connectivity index (χ0v) is 35.8. The van der Waals surface area contributed by atoms with E-state index in [0.717, 1.165) is 62.9 Å². The molecule has 0 bridgehead atoms. The van der Waals surface area contributed by atoms with Crippen molar-refractivity contribution in [2.45, 2.75) is 18.8 Å². The van der Waals surface area contributed by atoms with Gasteiger partial charge in [0.1, 0.15) is 5.58 Å². The maximum absolute atomic E-state index is 6.63. The number of para-hydroxylation sites is 3. The van der Waals surface area contributed by atoms with E-state index in [2.05, 4.69) is 234 Å². The Bertz CT molecular complexity index is 3650. The van der Waals surface area contributed by atoms with Crippen molar-refractivity contribution in [2.75, 3.05) is 4.90 Å². The van der Waals surface area contributed by atoms with Crippen LogP contribution in [0.2, 0.25) is 0 Å². The molecule has 0 fully saturated rings. The van der Waals surface area contributed by atoms with Gasteiger partial charge in [0.15, 0.2) is 5.58 Å². The van der Waals surface area contributed by atoms with Crippen LogP contribution in [0, 0.1) is 5.92 Å². The Kier molecular flexibility index (Phi) is 8.80. The lowest BCUT2D eigenvalue weighted by Gasteiger charge is -2.30. The van der Waals surface area contributed by atoms with Gasteiger partial charge in [-0.3, -0.25) is 0 Å². The first-order valence-electron chi connectivity index (χ1n) is 22.8. The Labute approximate surface area is 378 Å². The van der Waals surface area contributed by atoms with Crippen molar-refractivity contribution < 1.29 is 4.42 Å². The monoisotopic (exact) mass is 832 g/mol.